The Balaban J connectivity index is 2.86. The van der Waals surface area contributed by atoms with Crippen LogP contribution in [0.5, 0.6) is 0 Å². The Hall–Kier alpha value is -0.870. The number of aliphatic hydroxyl groups is 1. The Bertz CT molecular complexity index is 321. The highest BCUT2D eigenvalue weighted by molar-refractivity contribution is 5.02. The van der Waals surface area contributed by atoms with Gasteiger partial charge in [0.1, 0.15) is 11.9 Å². The molecule has 16 heavy (non-hydrogen) atoms. The van der Waals surface area contributed by atoms with Gasteiger partial charge in [0.25, 0.3) is 0 Å². The lowest BCUT2D eigenvalue weighted by Gasteiger charge is -2.30. The van der Waals surface area contributed by atoms with Gasteiger partial charge in [0.05, 0.1) is 5.60 Å². The van der Waals surface area contributed by atoms with Crippen LogP contribution in [0.25, 0.3) is 0 Å². The molecule has 4 nitrogen and oxygen atoms in total. The lowest BCUT2D eigenvalue weighted by atomic mass is 10.0. The number of ether oxygens (including phenoxy) is 1. The molecule has 0 bridgehead atoms. The Labute approximate surface area is 97.3 Å². The van der Waals surface area contributed by atoms with Crippen LogP contribution in [0.4, 0.5) is 0 Å². The Kier molecular flexibility index (Phi) is 4.50. The predicted octanol–water partition coefficient (Wildman–Crippen LogP) is 2.14. The maximum atomic E-state index is 10.3. The normalized spacial score (nSPS) is 14.1. The topological polar surface area (TPSA) is 47.3 Å². The van der Waals surface area contributed by atoms with Crippen molar-refractivity contribution in [3.8, 4) is 0 Å². The predicted molar refractivity (Wildman–Crippen MR) is 63.2 cm³/mol. The minimum absolute atomic E-state index is 0.582. The molecule has 0 amide bonds. The van der Waals surface area contributed by atoms with Gasteiger partial charge >= 0.3 is 0 Å². The molecule has 0 radical (unpaired) electrons. The van der Waals surface area contributed by atoms with E-state index in [0.29, 0.717) is 12.4 Å². The number of nitrogens with zero attached hydrogens (tertiary/aromatic N) is 2. The van der Waals surface area contributed by atoms with E-state index in [1.165, 1.54) is 0 Å². The third kappa shape index (κ3) is 2.83. The van der Waals surface area contributed by atoms with Crippen molar-refractivity contribution in [3.05, 3.63) is 18.2 Å². The lowest BCUT2D eigenvalue weighted by molar-refractivity contribution is -0.102. The van der Waals surface area contributed by atoms with Crippen molar-refractivity contribution < 1.29 is 9.84 Å². The van der Waals surface area contributed by atoms with Gasteiger partial charge in [-0.15, -0.1) is 0 Å². The molecule has 1 atom stereocenters. The Morgan fingerprint density at radius 3 is 2.75 bits per heavy atom. The van der Waals surface area contributed by atoms with Crippen molar-refractivity contribution in [3.63, 3.8) is 0 Å². The molecule has 0 aliphatic carbocycles. The largest absolute Gasteiger partial charge is 0.382 e. The molecule has 1 heterocycles. The monoisotopic (exact) mass is 226 g/mol. The van der Waals surface area contributed by atoms with Crippen molar-refractivity contribution in [2.24, 2.45) is 0 Å². The van der Waals surface area contributed by atoms with Gasteiger partial charge in [-0.05, 0) is 27.2 Å². The molecule has 1 aromatic heterocycles. The number of aromatic nitrogens is 2. The zero-order valence-corrected chi connectivity index (χ0v) is 10.6. The van der Waals surface area contributed by atoms with E-state index in [-0.39, 0.29) is 0 Å². The number of aryl methyl sites for hydroxylation is 1. The molecule has 1 aromatic rings. The second kappa shape index (κ2) is 5.46. The summed E-state index contributed by atoms with van der Waals surface area (Å²) in [6.07, 6.45) is 3.93. The highest BCUT2D eigenvalue weighted by atomic mass is 16.5. The molecule has 1 N–H and O–H groups in total. The average molecular weight is 226 g/mol. The summed E-state index contributed by atoms with van der Waals surface area (Å²) in [6, 6.07) is 0. The number of hydrogen-bond donors (Lipinski definition) is 1. The lowest BCUT2D eigenvalue weighted by Crippen LogP contribution is -2.34. The fraction of sp³-hybridized carbons (Fsp3) is 0.750. The minimum atomic E-state index is -0.700. The molecule has 0 aromatic carbocycles. The van der Waals surface area contributed by atoms with E-state index in [1.54, 1.807) is 6.20 Å². The summed E-state index contributed by atoms with van der Waals surface area (Å²) in [5.74, 6) is 0.681. The molecule has 1 unspecified atom stereocenters. The first-order valence-electron chi connectivity index (χ1n) is 5.86. The zero-order valence-electron chi connectivity index (χ0n) is 10.6. The molecular weight excluding hydrogens is 204 g/mol. The summed E-state index contributed by atoms with van der Waals surface area (Å²) in [4.78, 5) is 4.22. The molecular formula is C12H22N2O2. The third-order valence-corrected chi connectivity index (χ3v) is 2.63. The van der Waals surface area contributed by atoms with Crippen LogP contribution in [-0.4, -0.2) is 26.9 Å². The van der Waals surface area contributed by atoms with E-state index in [2.05, 4.69) is 11.9 Å². The van der Waals surface area contributed by atoms with Gasteiger partial charge in [-0.2, -0.15) is 0 Å². The van der Waals surface area contributed by atoms with Crippen LogP contribution in [-0.2, 0) is 11.3 Å². The van der Waals surface area contributed by atoms with Crippen LogP contribution in [0, 0.1) is 0 Å². The first-order valence-corrected chi connectivity index (χ1v) is 5.86. The highest BCUT2D eigenvalue weighted by Crippen LogP contribution is 2.27. The summed E-state index contributed by atoms with van der Waals surface area (Å²) in [5.41, 5.74) is -0.606. The van der Waals surface area contributed by atoms with Crippen molar-refractivity contribution >= 4 is 0 Å². The summed E-state index contributed by atoms with van der Waals surface area (Å²) >= 11 is 0. The molecule has 0 saturated carbocycles. The number of aliphatic hydroxyl groups excluding tert-OH is 1. The van der Waals surface area contributed by atoms with Crippen molar-refractivity contribution in [2.75, 3.05) is 6.61 Å². The van der Waals surface area contributed by atoms with Gasteiger partial charge in [0.15, 0.2) is 0 Å². The third-order valence-electron chi connectivity index (χ3n) is 2.63. The minimum Gasteiger partial charge on any atom is -0.382 e. The van der Waals surface area contributed by atoms with Crippen LogP contribution >= 0.6 is 0 Å². The molecule has 0 spiro atoms. The zero-order chi connectivity index (χ0) is 12.2. The van der Waals surface area contributed by atoms with Crippen molar-refractivity contribution in [1.82, 2.24) is 9.55 Å². The van der Waals surface area contributed by atoms with E-state index in [9.17, 15) is 5.11 Å². The van der Waals surface area contributed by atoms with E-state index in [4.69, 9.17) is 4.74 Å². The molecule has 0 fully saturated rings. The number of imidazole rings is 1. The number of hydrogen-bond acceptors (Lipinski definition) is 3. The first kappa shape index (κ1) is 13.2. The van der Waals surface area contributed by atoms with Crippen LogP contribution in [0.3, 0.4) is 0 Å². The van der Waals surface area contributed by atoms with Gasteiger partial charge < -0.3 is 14.4 Å². The fourth-order valence-corrected chi connectivity index (χ4v) is 1.76. The van der Waals surface area contributed by atoms with Crippen LogP contribution in [0.2, 0.25) is 0 Å². The number of rotatable bonds is 6. The van der Waals surface area contributed by atoms with E-state index in [0.717, 1.165) is 13.0 Å². The van der Waals surface area contributed by atoms with Crippen molar-refractivity contribution in [1.29, 1.82) is 0 Å². The van der Waals surface area contributed by atoms with Gasteiger partial charge in [0.2, 0.25) is 0 Å². The maximum Gasteiger partial charge on any atom is 0.140 e. The second-order valence-electron chi connectivity index (χ2n) is 4.42. The van der Waals surface area contributed by atoms with Crippen LogP contribution in [0.1, 0.15) is 46.0 Å². The molecule has 92 valence electrons. The molecule has 0 saturated heterocycles. The Morgan fingerprint density at radius 2 is 2.19 bits per heavy atom. The fourth-order valence-electron chi connectivity index (χ4n) is 1.76. The molecule has 1 rings (SSSR count). The summed E-state index contributed by atoms with van der Waals surface area (Å²) < 4.78 is 7.52. The smallest absolute Gasteiger partial charge is 0.140 e. The highest BCUT2D eigenvalue weighted by Gasteiger charge is 2.32. The van der Waals surface area contributed by atoms with Crippen LogP contribution in [0.15, 0.2) is 12.4 Å². The van der Waals surface area contributed by atoms with Crippen molar-refractivity contribution in [2.45, 2.75) is 52.4 Å². The van der Waals surface area contributed by atoms with Gasteiger partial charge in [-0.1, -0.05) is 6.92 Å². The van der Waals surface area contributed by atoms with Gasteiger partial charge in [-0.3, -0.25) is 0 Å². The summed E-state index contributed by atoms with van der Waals surface area (Å²) in [6.45, 7) is 9.24. The maximum absolute atomic E-state index is 10.3. The van der Waals surface area contributed by atoms with Gasteiger partial charge in [-0.25, -0.2) is 4.98 Å². The summed E-state index contributed by atoms with van der Waals surface area (Å²) in [5, 5.41) is 10.3. The SMILES string of the molecule is CCCn1ccnc1C(O)C(C)(C)OCC. The van der Waals surface area contributed by atoms with E-state index in [1.807, 2.05) is 31.5 Å². The first-order chi connectivity index (χ1) is 7.53. The molecule has 4 heteroatoms. The standard InChI is InChI=1S/C12H22N2O2/c1-5-8-14-9-7-13-11(14)10(15)12(3,4)16-6-2/h7,9-10,15H,5-6,8H2,1-4H3. The van der Waals surface area contributed by atoms with Crippen LogP contribution < -0.4 is 0 Å². The van der Waals surface area contributed by atoms with Gasteiger partial charge in [0, 0.05) is 25.5 Å². The quantitative estimate of drug-likeness (QED) is 0.808. The molecule has 0 aliphatic rings. The van der Waals surface area contributed by atoms with E-state index >= 15 is 0 Å². The Morgan fingerprint density at radius 1 is 1.50 bits per heavy atom. The summed E-state index contributed by atoms with van der Waals surface area (Å²) in [7, 11) is 0. The molecule has 0 aliphatic heterocycles. The average Bonchev–Trinajstić information content (AvgIpc) is 2.65. The second-order valence-corrected chi connectivity index (χ2v) is 4.42. The van der Waals surface area contributed by atoms with E-state index < -0.39 is 11.7 Å².